The minimum atomic E-state index is -0.309. The predicted molar refractivity (Wildman–Crippen MR) is 70.7 cm³/mol. The van der Waals surface area contributed by atoms with Crippen molar-refractivity contribution in [3.8, 4) is 0 Å². The number of nitrogens with one attached hydrogen (secondary N) is 1. The predicted octanol–water partition coefficient (Wildman–Crippen LogP) is 0.465. The van der Waals surface area contributed by atoms with Crippen molar-refractivity contribution in [1.82, 2.24) is 19.5 Å². The number of fused-ring (bicyclic) bond motifs is 1. The number of nitrogen functional groups attached to an aromatic ring is 1. The molecule has 7 heteroatoms. The number of hydrogen-bond donors (Lipinski definition) is 2. The van der Waals surface area contributed by atoms with Crippen LogP contribution in [-0.4, -0.2) is 33.2 Å². The average molecular weight is 261 g/mol. The molecule has 0 spiro atoms. The van der Waals surface area contributed by atoms with Crippen molar-refractivity contribution in [2.45, 2.75) is 12.5 Å². The van der Waals surface area contributed by atoms with Crippen LogP contribution in [0, 0.1) is 5.92 Å². The summed E-state index contributed by atoms with van der Waals surface area (Å²) in [5, 5.41) is 0. The van der Waals surface area contributed by atoms with E-state index in [0.29, 0.717) is 23.7 Å². The van der Waals surface area contributed by atoms with Gasteiger partial charge in [0.2, 0.25) is 5.95 Å². The number of aromatic amines is 1. The van der Waals surface area contributed by atoms with E-state index in [1.807, 2.05) is 4.57 Å². The summed E-state index contributed by atoms with van der Waals surface area (Å²) < 4.78 is 7.03. The number of allylic oxidation sites excluding steroid dienone is 1. The number of hydrogen-bond acceptors (Lipinski definition) is 5. The van der Waals surface area contributed by atoms with Gasteiger partial charge in [-0.25, -0.2) is 4.98 Å². The minimum Gasteiger partial charge on any atom is -0.384 e. The number of aromatic nitrogens is 4. The molecule has 0 aliphatic heterocycles. The molecule has 1 aliphatic rings. The fourth-order valence-corrected chi connectivity index (χ4v) is 2.48. The molecule has 3 N–H and O–H groups in total. The molecule has 2 heterocycles. The van der Waals surface area contributed by atoms with Crippen molar-refractivity contribution in [2.24, 2.45) is 5.92 Å². The summed E-state index contributed by atoms with van der Waals surface area (Å²) in [7, 11) is 1.69. The van der Waals surface area contributed by atoms with Crippen LogP contribution in [0.4, 0.5) is 5.95 Å². The molecule has 19 heavy (non-hydrogen) atoms. The highest BCUT2D eigenvalue weighted by molar-refractivity contribution is 5.70. The standard InChI is InChI=1S/C12H15N5O2/c1-19-5-7-2-3-8(4-7)17-6-14-9-10(17)15-12(13)16-11(9)18/h2-3,6-8H,4-5H2,1H3,(H3,13,15,16,18). The Labute approximate surface area is 109 Å². The van der Waals surface area contributed by atoms with Gasteiger partial charge < -0.3 is 15.0 Å². The van der Waals surface area contributed by atoms with Crippen molar-refractivity contribution in [3.05, 3.63) is 28.8 Å². The molecule has 0 amide bonds. The molecule has 0 fully saturated rings. The molecule has 1 aliphatic carbocycles. The van der Waals surface area contributed by atoms with E-state index in [4.69, 9.17) is 10.5 Å². The normalized spacial score (nSPS) is 22.4. The van der Waals surface area contributed by atoms with Crippen LogP contribution in [-0.2, 0) is 4.74 Å². The van der Waals surface area contributed by atoms with Crippen molar-refractivity contribution in [2.75, 3.05) is 19.5 Å². The number of anilines is 1. The number of rotatable bonds is 3. The smallest absolute Gasteiger partial charge is 0.280 e. The van der Waals surface area contributed by atoms with Gasteiger partial charge >= 0.3 is 0 Å². The van der Waals surface area contributed by atoms with E-state index < -0.39 is 0 Å². The molecule has 2 unspecified atom stereocenters. The van der Waals surface area contributed by atoms with E-state index in [1.54, 1.807) is 13.4 Å². The number of nitrogens with zero attached hydrogens (tertiary/aromatic N) is 3. The Bertz CT molecular complexity index is 687. The third-order valence-electron chi connectivity index (χ3n) is 3.34. The van der Waals surface area contributed by atoms with E-state index in [1.165, 1.54) is 0 Å². The van der Waals surface area contributed by atoms with Crippen molar-refractivity contribution < 1.29 is 4.74 Å². The quantitative estimate of drug-likeness (QED) is 0.782. The Balaban J connectivity index is 1.99. The van der Waals surface area contributed by atoms with E-state index in [-0.39, 0.29) is 17.5 Å². The zero-order valence-corrected chi connectivity index (χ0v) is 10.5. The summed E-state index contributed by atoms with van der Waals surface area (Å²) >= 11 is 0. The first kappa shape index (κ1) is 11.9. The molecular weight excluding hydrogens is 246 g/mol. The molecule has 2 aromatic rings. The van der Waals surface area contributed by atoms with Crippen molar-refractivity contribution in [1.29, 1.82) is 0 Å². The maximum atomic E-state index is 11.7. The van der Waals surface area contributed by atoms with Gasteiger partial charge in [0.1, 0.15) is 0 Å². The Hall–Kier alpha value is -2.15. The van der Waals surface area contributed by atoms with Gasteiger partial charge in [-0.1, -0.05) is 12.2 Å². The second-order valence-electron chi connectivity index (χ2n) is 4.68. The summed E-state index contributed by atoms with van der Waals surface area (Å²) in [6.45, 7) is 0.690. The van der Waals surface area contributed by atoms with Crippen LogP contribution < -0.4 is 11.3 Å². The highest BCUT2D eigenvalue weighted by atomic mass is 16.5. The van der Waals surface area contributed by atoms with Crippen LogP contribution in [0.5, 0.6) is 0 Å². The molecule has 0 radical (unpaired) electrons. The van der Waals surface area contributed by atoms with Gasteiger partial charge in [0.05, 0.1) is 19.0 Å². The number of ether oxygens (including phenoxy) is 1. The first-order valence-electron chi connectivity index (χ1n) is 6.08. The highest BCUT2D eigenvalue weighted by Crippen LogP contribution is 2.29. The minimum absolute atomic E-state index is 0.106. The molecular formula is C12H15N5O2. The van der Waals surface area contributed by atoms with Gasteiger partial charge in [-0.05, 0) is 6.42 Å². The fourth-order valence-electron chi connectivity index (χ4n) is 2.48. The maximum absolute atomic E-state index is 11.7. The lowest BCUT2D eigenvalue weighted by Crippen LogP contribution is -2.13. The van der Waals surface area contributed by atoms with E-state index in [2.05, 4.69) is 27.1 Å². The van der Waals surface area contributed by atoms with Crippen molar-refractivity contribution >= 4 is 17.1 Å². The first-order chi connectivity index (χ1) is 9.19. The Morgan fingerprint density at radius 2 is 2.42 bits per heavy atom. The van der Waals surface area contributed by atoms with Gasteiger partial charge in [0.15, 0.2) is 11.2 Å². The van der Waals surface area contributed by atoms with E-state index in [0.717, 1.165) is 6.42 Å². The van der Waals surface area contributed by atoms with Crippen LogP contribution >= 0.6 is 0 Å². The number of H-pyrrole nitrogens is 1. The second-order valence-corrected chi connectivity index (χ2v) is 4.68. The summed E-state index contributed by atoms with van der Waals surface area (Å²) in [6, 6.07) is 0.138. The number of methoxy groups -OCH3 is 1. The Morgan fingerprint density at radius 1 is 1.58 bits per heavy atom. The second kappa shape index (κ2) is 4.51. The lowest BCUT2D eigenvalue weighted by Gasteiger charge is -2.13. The lowest BCUT2D eigenvalue weighted by molar-refractivity contribution is 0.166. The van der Waals surface area contributed by atoms with Gasteiger partial charge in [-0.2, -0.15) is 4.98 Å². The van der Waals surface area contributed by atoms with Gasteiger partial charge in [0, 0.05) is 13.0 Å². The summed E-state index contributed by atoms with van der Waals surface area (Å²) in [6.07, 6.45) is 6.75. The van der Waals surface area contributed by atoms with E-state index >= 15 is 0 Å². The molecule has 2 atom stereocenters. The third kappa shape index (κ3) is 2.01. The molecule has 0 bridgehead atoms. The first-order valence-corrected chi connectivity index (χ1v) is 6.08. The SMILES string of the molecule is COCC1C=CC(n2cnc3c(=O)[nH]c(N)nc32)C1. The van der Waals surface area contributed by atoms with Crippen LogP contribution in [0.25, 0.3) is 11.2 Å². The zero-order chi connectivity index (χ0) is 13.4. The van der Waals surface area contributed by atoms with Crippen LogP contribution in [0.3, 0.4) is 0 Å². The van der Waals surface area contributed by atoms with Crippen molar-refractivity contribution in [3.63, 3.8) is 0 Å². The molecule has 0 aromatic carbocycles. The highest BCUT2D eigenvalue weighted by Gasteiger charge is 2.22. The molecule has 2 aromatic heterocycles. The van der Waals surface area contributed by atoms with Gasteiger partial charge in [0.25, 0.3) is 5.56 Å². The van der Waals surface area contributed by atoms with Crippen LogP contribution in [0.15, 0.2) is 23.3 Å². The number of nitrogens with two attached hydrogens (primary N) is 1. The van der Waals surface area contributed by atoms with Crippen LogP contribution in [0.1, 0.15) is 12.5 Å². The zero-order valence-electron chi connectivity index (χ0n) is 10.5. The topological polar surface area (TPSA) is 98.8 Å². The molecule has 3 rings (SSSR count). The van der Waals surface area contributed by atoms with Gasteiger partial charge in [-0.3, -0.25) is 9.78 Å². The fraction of sp³-hybridized carbons (Fsp3) is 0.417. The van der Waals surface area contributed by atoms with Gasteiger partial charge in [-0.15, -0.1) is 0 Å². The summed E-state index contributed by atoms with van der Waals surface area (Å²) in [5.74, 6) is 0.487. The molecule has 0 saturated heterocycles. The third-order valence-corrected chi connectivity index (χ3v) is 3.34. The lowest BCUT2D eigenvalue weighted by atomic mass is 10.1. The monoisotopic (exact) mass is 261 g/mol. The maximum Gasteiger partial charge on any atom is 0.280 e. The summed E-state index contributed by atoms with van der Waals surface area (Å²) in [5.41, 5.74) is 6.11. The Kier molecular flexibility index (Phi) is 2.83. The summed E-state index contributed by atoms with van der Waals surface area (Å²) in [4.78, 5) is 22.4. The molecule has 100 valence electrons. The number of imidazole rings is 1. The van der Waals surface area contributed by atoms with Crippen LogP contribution in [0.2, 0.25) is 0 Å². The van der Waals surface area contributed by atoms with E-state index in [9.17, 15) is 4.79 Å². The Morgan fingerprint density at radius 3 is 3.21 bits per heavy atom. The largest absolute Gasteiger partial charge is 0.384 e. The molecule has 0 saturated carbocycles. The molecule has 7 nitrogen and oxygen atoms in total. The average Bonchev–Trinajstić information content (AvgIpc) is 2.95.